The number of aliphatic hydroxyl groups is 1. The van der Waals surface area contributed by atoms with Gasteiger partial charge in [-0.1, -0.05) is 32.9 Å². The lowest BCUT2D eigenvalue weighted by Crippen LogP contribution is -2.47. The molecule has 0 aromatic rings. The van der Waals surface area contributed by atoms with Crippen molar-refractivity contribution in [2.45, 2.75) is 59.0 Å². The van der Waals surface area contributed by atoms with Gasteiger partial charge in [0.15, 0.2) is 0 Å². The van der Waals surface area contributed by atoms with Gasteiger partial charge in [-0.2, -0.15) is 0 Å². The van der Waals surface area contributed by atoms with E-state index in [1.54, 1.807) is 0 Å². The molecule has 102 valence electrons. The van der Waals surface area contributed by atoms with Gasteiger partial charge < -0.3 is 21.4 Å². The third-order valence-electron chi connectivity index (χ3n) is 2.98. The Hall–Kier alpha value is -0.810. The lowest BCUT2D eigenvalue weighted by atomic mass is 9.84. The van der Waals surface area contributed by atoms with E-state index in [1.165, 1.54) is 0 Å². The molecule has 5 nitrogen and oxygen atoms in total. The Morgan fingerprint density at radius 1 is 1.41 bits per heavy atom. The third-order valence-corrected chi connectivity index (χ3v) is 2.98. The van der Waals surface area contributed by atoms with Crippen LogP contribution >= 0.6 is 0 Å². The zero-order valence-electron chi connectivity index (χ0n) is 11.4. The predicted molar refractivity (Wildman–Crippen MR) is 70.2 cm³/mol. The van der Waals surface area contributed by atoms with Crippen molar-refractivity contribution in [1.29, 1.82) is 0 Å². The van der Waals surface area contributed by atoms with Crippen molar-refractivity contribution in [3.8, 4) is 0 Å². The molecule has 0 amide bonds. The highest BCUT2D eigenvalue weighted by molar-refractivity contribution is 5.80. The molecule has 5 N–H and O–H groups in total. The number of nitrogens with two attached hydrogens (primary N) is 1. The highest BCUT2D eigenvalue weighted by atomic mass is 16.4. The topological polar surface area (TPSA) is 90.9 Å². The van der Waals surface area contributed by atoms with Crippen LogP contribution in [0.1, 0.15) is 47.0 Å². The SMILES string of the molecule is CCC(CC(N)=NO)NC(CCO)C(C)(C)C. The van der Waals surface area contributed by atoms with Crippen LogP contribution in [-0.4, -0.2) is 34.8 Å². The first-order chi connectivity index (χ1) is 7.85. The quantitative estimate of drug-likeness (QED) is 0.235. The third kappa shape index (κ3) is 6.48. The minimum absolute atomic E-state index is 0.0707. The molecule has 0 aliphatic rings. The fourth-order valence-electron chi connectivity index (χ4n) is 1.79. The standard InChI is InChI=1S/C12H27N3O2/c1-5-9(8-11(13)15-17)14-10(6-7-16)12(2,3)4/h9-10,14,16-17H,5-8H2,1-4H3,(H2,13,15). The smallest absolute Gasteiger partial charge is 0.140 e. The maximum absolute atomic E-state index is 9.09. The summed E-state index contributed by atoms with van der Waals surface area (Å²) in [7, 11) is 0. The van der Waals surface area contributed by atoms with Gasteiger partial charge in [0.1, 0.15) is 5.84 Å². The summed E-state index contributed by atoms with van der Waals surface area (Å²) in [6, 6.07) is 0.380. The predicted octanol–water partition coefficient (Wildman–Crippen LogP) is 1.29. The van der Waals surface area contributed by atoms with Gasteiger partial charge in [-0.05, 0) is 18.3 Å². The molecular weight excluding hydrogens is 218 g/mol. The molecule has 0 radical (unpaired) electrons. The number of aliphatic hydroxyl groups excluding tert-OH is 1. The first-order valence-corrected chi connectivity index (χ1v) is 6.18. The first kappa shape index (κ1) is 16.2. The number of rotatable bonds is 7. The molecule has 17 heavy (non-hydrogen) atoms. The number of nitrogens with zero attached hydrogens (tertiary/aromatic N) is 1. The van der Waals surface area contributed by atoms with Crippen molar-refractivity contribution >= 4 is 5.84 Å². The fourth-order valence-corrected chi connectivity index (χ4v) is 1.79. The Morgan fingerprint density at radius 3 is 2.35 bits per heavy atom. The fraction of sp³-hybridized carbons (Fsp3) is 0.917. The summed E-state index contributed by atoms with van der Waals surface area (Å²) in [6.45, 7) is 8.62. The van der Waals surface area contributed by atoms with Crippen molar-refractivity contribution in [2.75, 3.05) is 6.61 Å². The van der Waals surface area contributed by atoms with Crippen LogP contribution in [-0.2, 0) is 0 Å². The zero-order chi connectivity index (χ0) is 13.5. The van der Waals surface area contributed by atoms with Gasteiger partial charge in [-0.15, -0.1) is 0 Å². The molecule has 0 aromatic carbocycles. The Labute approximate surface area is 104 Å². The van der Waals surface area contributed by atoms with Crippen molar-refractivity contribution in [3.05, 3.63) is 0 Å². The average Bonchev–Trinajstić information content (AvgIpc) is 2.25. The molecule has 0 aliphatic heterocycles. The Balaban J connectivity index is 4.49. The summed E-state index contributed by atoms with van der Waals surface area (Å²) in [5.74, 6) is 0.237. The van der Waals surface area contributed by atoms with E-state index in [4.69, 9.17) is 16.0 Å². The Morgan fingerprint density at radius 2 is 2.00 bits per heavy atom. The van der Waals surface area contributed by atoms with Crippen LogP contribution in [0.4, 0.5) is 0 Å². The number of oxime groups is 1. The molecule has 5 heteroatoms. The minimum Gasteiger partial charge on any atom is -0.409 e. The van der Waals surface area contributed by atoms with Crippen molar-refractivity contribution in [2.24, 2.45) is 16.3 Å². The van der Waals surface area contributed by atoms with Crippen LogP contribution in [0.5, 0.6) is 0 Å². The summed E-state index contributed by atoms with van der Waals surface area (Å²) < 4.78 is 0. The summed E-state index contributed by atoms with van der Waals surface area (Å²) in [4.78, 5) is 0. The van der Waals surface area contributed by atoms with Gasteiger partial charge in [-0.25, -0.2) is 0 Å². The first-order valence-electron chi connectivity index (χ1n) is 6.18. The number of amidine groups is 1. The molecule has 0 saturated heterocycles. The van der Waals surface area contributed by atoms with E-state index in [-0.39, 0.29) is 29.9 Å². The molecule has 0 saturated carbocycles. The monoisotopic (exact) mass is 245 g/mol. The maximum Gasteiger partial charge on any atom is 0.140 e. The molecular formula is C12H27N3O2. The zero-order valence-corrected chi connectivity index (χ0v) is 11.4. The highest BCUT2D eigenvalue weighted by Crippen LogP contribution is 2.22. The van der Waals surface area contributed by atoms with Crippen molar-refractivity contribution in [3.63, 3.8) is 0 Å². The second-order valence-electron chi connectivity index (χ2n) is 5.50. The van der Waals surface area contributed by atoms with E-state index in [2.05, 4.69) is 38.2 Å². The van der Waals surface area contributed by atoms with Gasteiger partial charge >= 0.3 is 0 Å². The van der Waals surface area contributed by atoms with E-state index in [0.717, 1.165) is 6.42 Å². The van der Waals surface area contributed by atoms with E-state index in [0.29, 0.717) is 12.8 Å². The second-order valence-corrected chi connectivity index (χ2v) is 5.50. The second kappa shape index (κ2) is 7.50. The van der Waals surface area contributed by atoms with Crippen LogP contribution in [0.3, 0.4) is 0 Å². The van der Waals surface area contributed by atoms with E-state index in [9.17, 15) is 0 Å². The van der Waals surface area contributed by atoms with Gasteiger partial charge in [0, 0.05) is 25.1 Å². The largest absolute Gasteiger partial charge is 0.409 e. The normalized spacial score (nSPS) is 16.9. The van der Waals surface area contributed by atoms with Gasteiger partial charge in [-0.3, -0.25) is 0 Å². The van der Waals surface area contributed by atoms with Crippen LogP contribution < -0.4 is 11.1 Å². The number of hydrogen-bond acceptors (Lipinski definition) is 4. The molecule has 0 rings (SSSR count). The molecule has 0 bridgehead atoms. The number of hydrogen-bond donors (Lipinski definition) is 4. The highest BCUT2D eigenvalue weighted by Gasteiger charge is 2.26. The molecule has 0 spiro atoms. The molecule has 0 heterocycles. The van der Waals surface area contributed by atoms with E-state index in [1.807, 2.05) is 0 Å². The van der Waals surface area contributed by atoms with Gasteiger partial charge in [0.05, 0.1) is 0 Å². The summed E-state index contributed by atoms with van der Waals surface area (Å²) in [5.41, 5.74) is 5.59. The van der Waals surface area contributed by atoms with Crippen LogP contribution in [0.15, 0.2) is 5.16 Å². The Kier molecular flexibility index (Phi) is 7.15. The van der Waals surface area contributed by atoms with Gasteiger partial charge in [0.2, 0.25) is 0 Å². The number of nitrogens with one attached hydrogen (secondary N) is 1. The molecule has 0 fully saturated rings. The molecule has 2 atom stereocenters. The van der Waals surface area contributed by atoms with Gasteiger partial charge in [0.25, 0.3) is 0 Å². The van der Waals surface area contributed by atoms with E-state index < -0.39 is 0 Å². The van der Waals surface area contributed by atoms with E-state index >= 15 is 0 Å². The molecule has 0 aromatic heterocycles. The van der Waals surface area contributed by atoms with Crippen LogP contribution in [0.2, 0.25) is 0 Å². The summed E-state index contributed by atoms with van der Waals surface area (Å²) >= 11 is 0. The lowest BCUT2D eigenvalue weighted by molar-refractivity contribution is 0.184. The summed E-state index contributed by atoms with van der Waals surface area (Å²) in [5, 5.41) is 24.1. The lowest BCUT2D eigenvalue weighted by Gasteiger charge is -2.34. The minimum atomic E-state index is 0.0707. The van der Waals surface area contributed by atoms with Crippen molar-refractivity contribution < 1.29 is 10.3 Å². The average molecular weight is 245 g/mol. The van der Waals surface area contributed by atoms with Crippen LogP contribution in [0, 0.1) is 5.41 Å². The van der Waals surface area contributed by atoms with Crippen molar-refractivity contribution in [1.82, 2.24) is 5.32 Å². The maximum atomic E-state index is 9.09. The Bertz CT molecular complexity index is 236. The summed E-state index contributed by atoms with van der Waals surface area (Å²) in [6.07, 6.45) is 2.12. The van der Waals surface area contributed by atoms with Crippen LogP contribution in [0.25, 0.3) is 0 Å². The molecule has 2 unspecified atom stereocenters. The molecule has 0 aliphatic carbocycles.